The van der Waals surface area contributed by atoms with Gasteiger partial charge in [-0.1, -0.05) is 23.7 Å². The van der Waals surface area contributed by atoms with E-state index in [1.165, 1.54) is 0 Å². The number of H-pyrrole nitrogens is 1. The number of carbonyl (C=O) groups excluding carboxylic acids is 1. The van der Waals surface area contributed by atoms with Crippen LogP contribution in [0.4, 0.5) is 0 Å². The highest BCUT2D eigenvalue weighted by Gasteiger charge is 2.17. The van der Waals surface area contributed by atoms with E-state index >= 15 is 0 Å². The van der Waals surface area contributed by atoms with Crippen LogP contribution in [0.15, 0.2) is 42.6 Å². The summed E-state index contributed by atoms with van der Waals surface area (Å²) >= 11 is 5.90. The van der Waals surface area contributed by atoms with Crippen LogP contribution >= 0.6 is 11.6 Å². The number of hydrogen-bond donors (Lipinski definition) is 1. The first kappa shape index (κ1) is 11.9. The zero-order chi connectivity index (χ0) is 13.4. The second-order valence-corrected chi connectivity index (χ2v) is 4.77. The molecule has 0 aliphatic carbocycles. The Balaban J connectivity index is 2.34. The maximum absolute atomic E-state index is 11.8. The lowest BCUT2D eigenvalue weighted by molar-refractivity contribution is 0.101. The molecule has 3 aromatic rings. The Morgan fingerprint density at radius 1 is 1.21 bits per heavy atom. The summed E-state index contributed by atoms with van der Waals surface area (Å²) in [5.74, 6) is -0.0112. The standard InChI is InChI=1S/C15H11ClN2O/c1-9(19)14-13(10-4-6-11(16)7-5-10)15-12(18-14)3-2-8-17-15/h2-8,18H,1H3. The second kappa shape index (κ2) is 4.52. The smallest absolute Gasteiger partial charge is 0.176 e. The largest absolute Gasteiger partial charge is 0.350 e. The van der Waals surface area contributed by atoms with Crippen molar-refractivity contribution in [3.63, 3.8) is 0 Å². The predicted molar refractivity (Wildman–Crippen MR) is 76.5 cm³/mol. The van der Waals surface area contributed by atoms with Crippen LogP contribution < -0.4 is 0 Å². The third-order valence-electron chi connectivity index (χ3n) is 3.04. The van der Waals surface area contributed by atoms with E-state index in [0.29, 0.717) is 10.7 Å². The van der Waals surface area contributed by atoms with Gasteiger partial charge >= 0.3 is 0 Å². The minimum atomic E-state index is -0.0112. The number of aromatic nitrogens is 2. The lowest BCUT2D eigenvalue weighted by atomic mass is 10.0. The van der Waals surface area contributed by atoms with E-state index < -0.39 is 0 Å². The summed E-state index contributed by atoms with van der Waals surface area (Å²) < 4.78 is 0. The Morgan fingerprint density at radius 3 is 2.63 bits per heavy atom. The number of pyridine rings is 1. The molecule has 0 fully saturated rings. The minimum Gasteiger partial charge on any atom is -0.350 e. The molecule has 0 aliphatic rings. The van der Waals surface area contributed by atoms with E-state index in [0.717, 1.165) is 22.2 Å². The Labute approximate surface area is 115 Å². The third kappa shape index (κ3) is 2.02. The number of Topliss-reactive ketones (excluding diaryl/α,β-unsaturated/α-hetero) is 1. The van der Waals surface area contributed by atoms with Crippen LogP contribution in [0.3, 0.4) is 0 Å². The normalized spacial score (nSPS) is 10.8. The van der Waals surface area contributed by atoms with Gasteiger partial charge in [0.2, 0.25) is 0 Å². The summed E-state index contributed by atoms with van der Waals surface area (Å²) in [6, 6.07) is 11.2. The van der Waals surface area contributed by atoms with E-state index in [4.69, 9.17) is 11.6 Å². The fourth-order valence-electron chi connectivity index (χ4n) is 2.18. The average molecular weight is 271 g/mol. The van der Waals surface area contributed by atoms with Crippen LogP contribution in [0.25, 0.3) is 22.2 Å². The topological polar surface area (TPSA) is 45.8 Å². The number of ketones is 1. The number of aromatic amines is 1. The van der Waals surface area contributed by atoms with E-state index in [-0.39, 0.29) is 5.78 Å². The lowest BCUT2D eigenvalue weighted by Crippen LogP contribution is -1.95. The third-order valence-corrected chi connectivity index (χ3v) is 3.29. The first-order chi connectivity index (χ1) is 9.16. The van der Waals surface area contributed by atoms with Crippen LogP contribution in [0.2, 0.25) is 5.02 Å². The van der Waals surface area contributed by atoms with Crippen LogP contribution in [0.1, 0.15) is 17.4 Å². The molecule has 19 heavy (non-hydrogen) atoms. The summed E-state index contributed by atoms with van der Waals surface area (Å²) in [6.07, 6.45) is 1.72. The van der Waals surface area contributed by atoms with Gasteiger partial charge in [0.1, 0.15) is 0 Å². The van der Waals surface area contributed by atoms with E-state index in [1.807, 2.05) is 36.4 Å². The number of halogens is 1. The van der Waals surface area contributed by atoms with Crippen molar-refractivity contribution < 1.29 is 4.79 Å². The highest BCUT2D eigenvalue weighted by Crippen LogP contribution is 2.31. The SMILES string of the molecule is CC(=O)c1[nH]c2cccnc2c1-c1ccc(Cl)cc1. The van der Waals surface area contributed by atoms with E-state index in [1.54, 1.807) is 13.1 Å². The Kier molecular flexibility index (Phi) is 2.84. The molecule has 94 valence electrons. The van der Waals surface area contributed by atoms with Crippen LogP contribution in [0, 0.1) is 0 Å². The van der Waals surface area contributed by atoms with Gasteiger partial charge in [0.05, 0.1) is 16.7 Å². The van der Waals surface area contributed by atoms with Crippen LogP contribution in [-0.4, -0.2) is 15.8 Å². The predicted octanol–water partition coefficient (Wildman–Crippen LogP) is 4.09. The number of nitrogens with one attached hydrogen (secondary N) is 1. The Hall–Kier alpha value is -2.13. The van der Waals surface area contributed by atoms with Crippen molar-refractivity contribution in [1.82, 2.24) is 9.97 Å². The Morgan fingerprint density at radius 2 is 1.95 bits per heavy atom. The zero-order valence-electron chi connectivity index (χ0n) is 10.3. The van der Waals surface area contributed by atoms with Gasteiger partial charge in [-0.05, 0) is 29.8 Å². The highest BCUT2D eigenvalue weighted by molar-refractivity contribution is 6.30. The number of carbonyl (C=O) groups is 1. The number of nitrogens with zero attached hydrogens (tertiary/aromatic N) is 1. The van der Waals surface area contributed by atoms with Gasteiger partial charge in [0, 0.05) is 23.7 Å². The Bertz CT molecular complexity index is 759. The minimum absolute atomic E-state index is 0.0112. The van der Waals surface area contributed by atoms with Crippen LogP contribution in [0.5, 0.6) is 0 Å². The van der Waals surface area contributed by atoms with Crippen molar-refractivity contribution in [3.8, 4) is 11.1 Å². The maximum Gasteiger partial charge on any atom is 0.176 e. The van der Waals surface area contributed by atoms with Crippen LogP contribution in [-0.2, 0) is 0 Å². The van der Waals surface area contributed by atoms with Gasteiger partial charge in [-0.3, -0.25) is 9.78 Å². The summed E-state index contributed by atoms with van der Waals surface area (Å²) in [6.45, 7) is 1.55. The molecule has 0 amide bonds. The quantitative estimate of drug-likeness (QED) is 0.713. The van der Waals surface area contributed by atoms with E-state index in [9.17, 15) is 4.79 Å². The number of benzene rings is 1. The van der Waals surface area contributed by atoms with Gasteiger partial charge in [-0.15, -0.1) is 0 Å². The molecule has 1 aromatic carbocycles. The first-order valence-electron chi connectivity index (χ1n) is 5.90. The summed E-state index contributed by atoms with van der Waals surface area (Å²) in [5, 5.41) is 0.668. The maximum atomic E-state index is 11.8. The molecule has 3 rings (SSSR count). The molecule has 0 bridgehead atoms. The van der Waals surface area contributed by atoms with Crippen molar-refractivity contribution in [1.29, 1.82) is 0 Å². The fourth-order valence-corrected chi connectivity index (χ4v) is 2.31. The van der Waals surface area contributed by atoms with Crippen molar-refractivity contribution in [2.24, 2.45) is 0 Å². The zero-order valence-corrected chi connectivity index (χ0v) is 11.0. The second-order valence-electron chi connectivity index (χ2n) is 4.34. The molecular weight excluding hydrogens is 260 g/mol. The lowest BCUT2D eigenvalue weighted by Gasteiger charge is -2.02. The van der Waals surface area contributed by atoms with Crippen molar-refractivity contribution >= 4 is 28.4 Å². The molecule has 4 heteroatoms. The molecule has 0 spiro atoms. The molecule has 0 saturated carbocycles. The molecule has 1 N–H and O–H groups in total. The molecule has 0 saturated heterocycles. The molecule has 0 atom stereocenters. The van der Waals surface area contributed by atoms with Crippen molar-refractivity contribution in [3.05, 3.63) is 53.3 Å². The monoisotopic (exact) mass is 270 g/mol. The number of fused-ring (bicyclic) bond motifs is 1. The van der Waals surface area contributed by atoms with Gasteiger partial charge in [0.15, 0.2) is 5.78 Å². The molecule has 2 aromatic heterocycles. The fraction of sp³-hybridized carbons (Fsp3) is 0.0667. The highest BCUT2D eigenvalue weighted by atomic mass is 35.5. The molecule has 0 unspecified atom stereocenters. The molecule has 3 nitrogen and oxygen atoms in total. The van der Waals surface area contributed by atoms with Crippen molar-refractivity contribution in [2.45, 2.75) is 6.92 Å². The van der Waals surface area contributed by atoms with Gasteiger partial charge in [-0.2, -0.15) is 0 Å². The van der Waals surface area contributed by atoms with Gasteiger partial charge in [-0.25, -0.2) is 0 Å². The molecule has 2 heterocycles. The molecule has 0 radical (unpaired) electrons. The molecule has 0 aliphatic heterocycles. The summed E-state index contributed by atoms with van der Waals surface area (Å²) in [7, 11) is 0. The summed E-state index contributed by atoms with van der Waals surface area (Å²) in [5.41, 5.74) is 4.00. The molecular formula is C15H11ClN2O. The van der Waals surface area contributed by atoms with E-state index in [2.05, 4.69) is 9.97 Å². The first-order valence-corrected chi connectivity index (χ1v) is 6.28. The average Bonchev–Trinajstić information content (AvgIpc) is 2.79. The van der Waals surface area contributed by atoms with Crippen molar-refractivity contribution in [2.75, 3.05) is 0 Å². The van der Waals surface area contributed by atoms with Gasteiger partial charge < -0.3 is 4.98 Å². The number of rotatable bonds is 2. The van der Waals surface area contributed by atoms with Gasteiger partial charge in [0.25, 0.3) is 0 Å². The number of hydrogen-bond acceptors (Lipinski definition) is 2. The summed E-state index contributed by atoms with van der Waals surface area (Å²) in [4.78, 5) is 19.3.